The minimum atomic E-state index is 0.0617. The van der Waals surface area contributed by atoms with E-state index < -0.39 is 0 Å². The first kappa shape index (κ1) is 17.3. The van der Waals surface area contributed by atoms with E-state index in [1.54, 1.807) is 6.26 Å². The Morgan fingerprint density at radius 3 is 2.44 bits per heavy atom. The number of anilines is 1. The maximum Gasteiger partial charge on any atom is 0.231 e. The number of hydrogen-bond donors (Lipinski definition) is 0. The first-order valence-corrected chi connectivity index (χ1v) is 8.76. The highest BCUT2D eigenvalue weighted by molar-refractivity contribution is 5.97. The molecule has 0 bridgehead atoms. The minimum absolute atomic E-state index is 0.0617. The van der Waals surface area contributed by atoms with Crippen molar-refractivity contribution < 1.29 is 9.21 Å². The number of rotatable bonds is 4. The Bertz CT molecular complexity index is 872. The molecule has 2 aromatic carbocycles. The van der Waals surface area contributed by atoms with Crippen LogP contribution >= 0.6 is 0 Å². The zero-order chi connectivity index (χ0) is 18.0. The molecule has 0 aliphatic rings. The van der Waals surface area contributed by atoms with Gasteiger partial charge in [0.2, 0.25) is 5.91 Å². The molecule has 0 radical (unpaired) electrons. The quantitative estimate of drug-likeness (QED) is 0.646. The minimum Gasteiger partial charge on any atom is -0.464 e. The van der Waals surface area contributed by atoms with Crippen LogP contribution in [0.1, 0.15) is 38.8 Å². The van der Waals surface area contributed by atoms with E-state index >= 15 is 0 Å². The Morgan fingerprint density at radius 2 is 1.80 bits per heavy atom. The molecular formula is C22H25NO2. The fraction of sp³-hybridized carbons (Fsp3) is 0.318. The van der Waals surface area contributed by atoms with Crippen molar-refractivity contribution in [1.29, 1.82) is 0 Å². The summed E-state index contributed by atoms with van der Waals surface area (Å²) in [6.07, 6.45) is 2.05. The van der Waals surface area contributed by atoms with E-state index in [4.69, 9.17) is 4.42 Å². The molecule has 1 amide bonds. The highest BCUT2D eigenvalue weighted by atomic mass is 16.3. The lowest BCUT2D eigenvalue weighted by Gasteiger charge is -2.21. The van der Waals surface area contributed by atoms with E-state index in [2.05, 4.69) is 32.9 Å². The number of fused-ring (bicyclic) bond motifs is 1. The normalized spacial score (nSPS) is 11.7. The second-order valence-corrected chi connectivity index (χ2v) is 7.37. The molecule has 1 aromatic heterocycles. The lowest BCUT2D eigenvalue weighted by atomic mass is 9.86. The van der Waals surface area contributed by atoms with Crippen molar-refractivity contribution in [2.45, 2.75) is 39.5 Å². The summed E-state index contributed by atoms with van der Waals surface area (Å²) in [4.78, 5) is 14.7. The third-order valence-corrected chi connectivity index (χ3v) is 4.55. The SMILES string of the molecule is CCN(C(=O)Cc1coc2ccc(C(C)(C)C)cc12)c1ccccc1. The largest absolute Gasteiger partial charge is 0.464 e. The molecule has 0 aliphatic carbocycles. The average molecular weight is 335 g/mol. The molecule has 0 unspecified atom stereocenters. The fourth-order valence-electron chi connectivity index (χ4n) is 3.05. The molecule has 3 nitrogen and oxygen atoms in total. The number of likely N-dealkylation sites (N-methyl/N-ethyl adjacent to an activating group) is 1. The van der Waals surface area contributed by atoms with Crippen molar-refractivity contribution in [2.75, 3.05) is 11.4 Å². The number of carbonyl (C=O) groups is 1. The van der Waals surface area contributed by atoms with Crippen LogP contribution in [0.15, 0.2) is 59.2 Å². The summed E-state index contributed by atoms with van der Waals surface area (Å²) in [6, 6.07) is 16.0. The monoisotopic (exact) mass is 335 g/mol. The molecule has 0 saturated heterocycles. The van der Waals surface area contributed by atoms with Gasteiger partial charge in [0.15, 0.2) is 0 Å². The van der Waals surface area contributed by atoms with Gasteiger partial charge in [0, 0.05) is 23.2 Å². The Kier molecular flexibility index (Phi) is 4.67. The zero-order valence-corrected chi connectivity index (χ0v) is 15.4. The summed E-state index contributed by atoms with van der Waals surface area (Å²) < 4.78 is 5.67. The van der Waals surface area contributed by atoms with E-state index in [0.717, 1.165) is 22.2 Å². The van der Waals surface area contributed by atoms with Crippen LogP contribution < -0.4 is 4.90 Å². The van der Waals surface area contributed by atoms with Crippen LogP contribution in [0.3, 0.4) is 0 Å². The smallest absolute Gasteiger partial charge is 0.231 e. The van der Waals surface area contributed by atoms with Gasteiger partial charge in [-0.05, 0) is 42.2 Å². The van der Waals surface area contributed by atoms with E-state index in [0.29, 0.717) is 13.0 Å². The van der Waals surface area contributed by atoms with Crippen LogP contribution in [0, 0.1) is 0 Å². The van der Waals surface area contributed by atoms with Crippen molar-refractivity contribution in [2.24, 2.45) is 0 Å². The summed E-state index contributed by atoms with van der Waals surface area (Å²) in [5.74, 6) is 0.0811. The number of benzene rings is 2. The van der Waals surface area contributed by atoms with Crippen molar-refractivity contribution >= 4 is 22.6 Å². The predicted octanol–water partition coefficient (Wildman–Crippen LogP) is 5.33. The Labute approximate surface area is 149 Å². The summed E-state index contributed by atoms with van der Waals surface area (Å²) in [5.41, 5.74) is 4.01. The van der Waals surface area contributed by atoms with Gasteiger partial charge in [-0.15, -0.1) is 0 Å². The predicted molar refractivity (Wildman–Crippen MR) is 103 cm³/mol. The maximum absolute atomic E-state index is 12.9. The second kappa shape index (κ2) is 6.75. The van der Waals surface area contributed by atoms with Crippen molar-refractivity contribution in [3.8, 4) is 0 Å². The summed E-state index contributed by atoms with van der Waals surface area (Å²) in [6.45, 7) is 9.20. The van der Waals surface area contributed by atoms with Crippen LogP contribution in [0.25, 0.3) is 11.0 Å². The van der Waals surface area contributed by atoms with E-state index in [9.17, 15) is 4.79 Å². The van der Waals surface area contributed by atoms with Crippen LogP contribution in [-0.4, -0.2) is 12.5 Å². The molecular weight excluding hydrogens is 310 g/mol. The van der Waals surface area contributed by atoms with Crippen molar-refractivity contribution in [3.05, 3.63) is 65.9 Å². The summed E-state index contributed by atoms with van der Waals surface area (Å²) in [5, 5.41) is 1.03. The number of para-hydroxylation sites is 1. The van der Waals surface area contributed by atoms with E-state index in [1.165, 1.54) is 5.56 Å². The molecule has 0 N–H and O–H groups in total. The average Bonchev–Trinajstić information content (AvgIpc) is 2.98. The fourth-order valence-corrected chi connectivity index (χ4v) is 3.05. The van der Waals surface area contributed by atoms with E-state index in [1.807, 2.05) is 48.2 Å². The van der Waals surface area contributed by atoms with Gasteiger partial charge >= 0.3 is 0 Å². The molecule has 0 spiro atoms. The lowest BCUT2D eigenvalue weighted by Crippen LogP contribution is -2.31. The van der Waals surface area contributed by atoms with Gasteiger partial charge in [-0.3, -0.25) is 4.79 Å². The van der Waals surface area contributed by atoms with Crippen LogP contribution in [-0.2, 0) is 16.6 Å². The molecule has 3 aromatic rings. The molecule has 0 atom stereocenters. The van der Waals surface area contributed by atoms with Gasteiger partial charge in [0.1, 0.15) is 5.58 Å². The second-order valence-electron chi connectivity index (χ2n) is 7.37. The van der Waals surface area contributed by atoms with Crippen LogP contribution in [0.2, 0.25) is 0 Å². The molecule has 0 fully saturated rings. The lowest BCUT2D eigenvalue weighted by molar-refractivity contribution is -0.117. The number of amides is 1. The Hall–Kier alpha value is -2.55. The molecule has 1 heterocycles. The number of hydrogen-bond acceptors (Lipinski definition) is 2. The molecule has 3 heteroatoms. The van der Waals surface area contributed by atoms with Crippen LogP contribution in [0.4, 0.5) is 5.69 Å². The third-order valence-electron chi connectivity index (χ3n) is 4.55. The first-order valence-electron chi connectivity index (χ1n) is 8.76. The van der Waals surface area contributed by atoms with Gasteiger partial charge in [-0.2, -0.15) is 0 Å². The maximum atomic E-state index is 12.9. The highest BCUT2D eigenvalue weighted by Crippen LogP contribution is 2.29. The molecule has 130 valence electrons. The van der Waals surface area contributed by atoms with Gasteiger partial charge in [0.25, 0.3) is 0 Å². The number of nitrogens with zero attached hydrogens (tertiary/aromatic N) is 1. The van der Waals surface area contributed by atoms with Gasteiger partial charge in [0.05, 0.1) is 12.7 Å². The number of carbonyl (C=O) groups excluding carboxylic acids is 1. The number of furan rings is 1. The summed E-state index contributed by atoms with van der Waals surface area (Å²) >= 11 is 0. The van der Waals surface area contributed by atoms with Gasteiger partial charge in [-0.1, -0.05) is 45.0 Å². The standard InChI is InChI=1S/C22H25NO2/c1-5-23(18-9-7-6-8-10-18)21(24)13-16-15-25-20-12-11-17(14-19(16)20)22(2,3)4/h6-12,14-15H,5,13H2,1-4H3. The van der Waals surface area contributed by atoms with Crippen LogP contribution in [0.5, 0.6) is 0 Å². The van der Waals surface area contributed by atoms with Gasteiger partial charge < -0.3 is 9.32 Å². The third kappa shape index (κ3) is 3.60. The Morgan fingerprint density at radius 1 is 1.08 bits per heavy atom. The molecule has 25 heavy (non-hydrogen) atoms. The van der Waals surface area contributed by atoms with Crippen molar-refractivity contribution in [1.82, 2.24) is 0 Å². The topological polar surface area (TPSA) is 33.5 Å². The zero-order valence-electron chi connectivity index (χ0n) is 15.4. The van der Waals surface area contributed by atoms with Gasteiger partial charge in [-0.25, -0.2) is 0 Å². The van der Waals surface area contributed by atoms with E-state index in [-0.39, 0.29) is 11.3 Å². The van der Waals surface area contributed by atoms with Crippen molar-refractivity contribution in [3.63, 3.8) is 0 Å². The molecule has 3 rings (SSSR count). The highest BCUT2D eigenvalue weighted by Gasteiger charge is 2.19. The Balaban J connectivity index is 1.90. The molecule has 0 aliphatic heterocycles. The summed E-state index contributed by atoms with van der Waals surface area (Å²) in [7, 11) is 0. The first-order chi connectivity index (χ1) is 11.9. The molecule has 0 saturated carbocycles.